The number of hydrogen-bond acceptors (Lipinski definition) is 8. The molecule has 0 aliphatic carbocycles. The first-order valence-electron chi connectivity index (χ1n) is 10.4. The first-order valence-corrected chi connectivity index (χ1v) is 12.0. The van der Waals surface area contributed by atoms with E-state index in [-0.39, 0.29) is 5.92 Å². The summed E-state index contributed by atoms with van der Waals surface area (Å²) in [6.45, 7) is 0.325. The lowest BCUT2D eigenvalue weighted by Crippen LogP contribution is -2.03. The fraction of sp³-hybridized carbons (Fsp3) is 0.167. The molecule has 10 heteroatoms. The minimum absolute atomic E-state index is 0.211. The van der Waals surface area contributed by atoms with Crippen molar-refractivity contribution in [2.75, 3.05) is 12.4 Å². The van der Waals surface area contributed by atoms with Crippen LogP contribution >= 0.6 is 34.5 Å². The van der Waals surface area contributed by atoms with Crippen molar-refractivity contribution in [3.05, 3.63) is 75.1 Å². The number of aliphatic imine (C=N–C) groups is 1. The summed E-state index contributed by atoms with van der Waals surface area (Å²) in [5, 5.41) is 7.92. The zero-order chi connectivity index (χ0) is 23.5. The number of nitrogens with zero attached hydrogens (tertiary/aromatic N) is 4. The summed E-state index contributed by atoms with van der Waals surface area (Å²) in [6.07, 6.45) is 8.19. The van der Waals surface area contributed by atoms with Crippen molar-refractivity contribution in [2.24, 2.45) is 4.99 Å². The number of thiazole rings is 1. The molecule has 0 fully saturated rings. The van der Waals surface area contributed by atoms with Crippen LogP contribution in [0.2, 0.25) is 10.0 Å². The quantitative estimate of drug-likeness (QED) is 0.294. The molecule has 0 radical (unpaired) electrons. The molecule has 0 saturated heterocycles. The largest absolute Gasteiger partial charge is 0.493 e. The van der Waals surface area contributed by atoms with Crippen LogP contribution in [0.15, 0.2) is 59.3 Å². The molecule has 5 rings (SSSR count). The average Bonchev–Trinajstić information content (AvgIpc) is 3.34. The molecule has 0 amide bonds. The summed E-state index contributed by atoms with van der Waals surface area (Å²) >= 11 is 13.7. The van der Waals surface area contributed by atoms with Gasteiger partial charge in [-0.05, 0) is 30.7 Å². The number of hydrogen-bond donors (Lipinski definition) is 1. The third kappa shape index (κ3) is 4.84. The first-order chi connectivity index (χ1) is 16.6. The minimum atomic E-state index is 0.211. The van der Waals surface area contributed by atoms with Crippen LogP contribution in [0.3, 0.4) is 0 Å². The third-order valence-corrected chi connectivity index (χ3v) is 6.83. The van der Waals surface area contributed by atoms with Crippen LogP contribution in [0.4, 0.5) is 11.5 Å². The minimum Gasteiger partial charge on any atom is -0.493 e. The Morgan fingerprint density at radius 3 is 2.82 bits per heavy atom. The molecule has 0 bridgehead atoms. The Morgan fingerprint density at radius 1 is 1.12 bits per heavy atom. The van der Waals surface area contributed by atoms with E-state index in [0.717, 1.165) is 28.2 Å². The number of anilines is 2. The first kappa shape index (κ1) is 22.6. The van der Waals surface area contributed by atoms with Crippen molar-refractivity contribution in [3.63, 3.8) is 0 Å². The van der Waals surface area contributed by atoms with Crippen LogP contribution < -0.4 is 14.8 Å². The summed E-state index contributed by atoms with van der Waals surface area (Å²) < 4.78 is 11.7. The number of aromatic nitrogens is 3. The lowest BCUT2D eigenvalue weighted by atomic mass is 10.0. The monoisotopic (exact) mass is 511 g/mol. The van der Waals surface area contributed by atoms with Crippen LogP contribution in [0.25, 0.3) is 10.9 Å². The highest BCUT2D eigenvalue weighted by Crippen LogP contribution is 2.36. The lowest BCUT2D eigenvalue weighted by molar-refractivity contribution is 0.284. The fourth-order valence-corrected chi connectivity index (χ4v) is 4.60. The highest BCUT2D eigenvalue weighted by molar-refractivity contribution is 7.09. The van der Waals surface area contributed by atoms with Gasteiger partial charge in [-0.25, -0.2) is 15.0 Å². The van der Waals surface area contributed by atoms with Crippen molar-refractivity contribution in [1.29, 1.82) is 0 Å². The van der Waals surface area contributed by atoms with Crippen LogP contribution in [-0.4, -0.2) is 28.3 Å². The van der Waals surface area contributed by atoms with Crippen molar-refractivity contribution in [1.82, 2.24) is 15.0 Å². The van der Waals surface area contributed by atoms with Crippen molar-refractivity contribution >= 4 is 63.2 Å². The molecule has 2 aromatic carbocycles. The van der Waals surface area contributed by atoms with Gasteiger partial charge >= 0.3 is 0 Å². The molecule has 4 aromatic rings. The molecule has 172 valence electrons. The normalized spacial score (nSPS) is 15.0. The maximum absolute atomic E-state index is 6.14. The Morgan fingerprint density at radius 2 is 2.03 bits per heavy atom. The summed E-state index contributed by atoms with van der Waals surface area (Å²) in [5.41, 5.74) is 2.47. The summed E-state index contributed by atoms with van der Waals surface area (Å²) in [7, 11) is 1.60. The van der Waals surface area contributed by atoms with Gasteiger partial charge in [-0.1, -0.05) is 29.3 Å². The number of methoxy groups -OCH3 is 1. The summed E-state index contributed by atoms with van der Waals surface area (Å²) in [5.74, 6) is 1.97. The predicted octanol–water partition coefficient (Wildman–Crippen LogP) is 6.80. The van der Waals surface area contributed by atoms with Crippen molar-refractivity contribution in [3.8, 4) is 11.5 Å². The Hall–Kier alpha value is -3.20. The van der Waals surface area contributed by atoms with Gasteiger partial charge in [0.2, 0.25) is 0 Å². The number of rotatable bonds is 7. The van der Waals surface area contributed by atoms with E-state index < -0.39 is 0 Å². The molecule has 34 heavy (non-hydrogen) atoms. The molecule has 1 N–H and O–H groups in total. The molecule has 2 aromatic heterocycles. The topological polar surface area (TPSA) is 81.5 Å². The Kier molecular flexibility index (Phi) is 6.62. The number of halogens is 2. The highest BCUT2D eigenvalue weighted by Gasteiger charge is 2.16. The maximum atomic E-state index is 6.14. The Balaban J connectivity index is 1.37. The van der Waals surface area contributed by atoms with Gasteiger partial charge in [-0.3, -0.25) is 4.99 Å². The Labute approximate surface area is 210 Å². The van der Waals surface area contributed by atoms with Crippen molar-refractivity contribution in [2.45, 2.75) is 18.9 Å². The second kappa shape index (κ2) is 9.97. The summed E-state index contributed by atoms with van der Waals surface area (Å²) in [4.78, 5) is 17.7. The van der Waals surface area contributed by atoms with E-state index >= 15 is 0 Å². The van der Waals surface area contributed by atoms with E-state index in [1.54, 1.807) is 30.6 Å². The SMILES string of the molecule is COc1cc2c(Nc3ccc(Cl)c(Cl)c3)ncnc2cc1OCc1nc(C2C=NC=CC2)cs1. The summed E-state index contributed by atoms with van der Waals surface area (Å²) in [6, 6.07) is 8.98. The van der Waals surface area contributed by atoms with E-state index in [9.17, 15) is 0 Å². The van der Waals surface area contributed by atoms with E-state index in [4.69, 9.17) is 37.7 Å². The molecular weight excluding hydrogens is 493 g/mol. The number of nitrogens with one attached hydrogen (secondary N) is 1. The predicted molar refractivity (Wildman–Crippen MR) is 137 cm³/mol. The molecule has 1 aliphatic rings. The lowest BCUT2D eigenvalue weighted by Gasteiger charge is -2.13. The van der Waals surface area contributed by atoms with Gasteiger partial charge in [0.1, 0.15) is 23.8 Å². The number of ether oxygens (including phenoxy) is 2. The van der Waals surface area contributed by atoms with Crippen LogP contribution in [0.5, 0.6) is 11.5 Å². The standard InChI is InChI=1S/C24H19Cl2N5O2S/c1-32-21-8-16-19(28-13-29-24(16)30-15-4-5-17(25)18(26)7-15)9-22(21)33-11-23-31-20(12-34-23)14-3-2-6-27-10-14/h2,4-10,12-14H,3,11H2,1H3,(H,28,29,30). The molecule has 3 heterocycles. The van der Waals surface area contributed by atoms with Gasteiger partial charge in [0.05, 0.1) is 28.4 Å². The smallest absolute Gasteiger partial charge is 0.163 e. The fourth-order valence-electron chi connectivity index (χ4n) is 3.53. The van der Waals surface area contributed by atoms with Crippen LogP contribution in [0, 0.1) is 0 Å². The van der Waals surface area contributed by atoms with Gasteiger partial charge in [0, 0.05) is 40.9 Å². The molecule has 0 saturated carbocycles. The van der Waals surface area contributed by atoms with Crippen LogP contribution in [0.1, 0.15) is 23.0 Å². The Bertz CT molecular complexity index is 1410. The number of allylic oxidation sites excluding steroid dienone is 1. The van der Waals surface area contributed by atoms with Gasteiger partial charge in [-0.2, -0.15) is 0 Å². The second-order valence-corrected chi connectivity index (χ2v) is 9.23. The zero-order valence-corrected chi connectivity index (χ0v) is 20.4. The number of benzene rings is 2. The average molecular weight is 512 g/mol. The van der Waals surface area contributed by atoms with E-state index in [2.05, 4.69) is 25.7 Å². The molecule has 1 unspecified atom stereocenters. The molecule has 1 atom stereocenters. The third-order valence-electron chi connectivity index (χ3n) is 5.25. The second-order valence-electron chi connectivity index (χ2n) is 7.48. The van der Waals surface area contributed by atoms with Crippen molar-refractivity contribution < 1.29 is 9.47 Å². The van der Waals surface area contributed by atoms with E-state index in [0.29, 0.717) is 39.5 Å². The molecule has 0 spiro atoms. The highest BCUT2D eigenvalue weighted by atomic mass is 35.5. The molecular formula is C24H19Cl2N5O2S. The van der Waals surface area contributed by atoms with E-state index in [1.807, 2.05) is 36.7 Å². The zero-order valence-electron chi connectivity index (χ0n) is 18.0. The van der Waals surface area contributed by atoms with Crippen LogP contribution in [-0.2, 0) is 6.61 Å². The molecule has 7 nitrogen and oxygen atoms in total. The van der Waals surface area contributed by atoms with Gasteiger partial charge in [-0.15, -0.1) is 11.3 Å². The van der Waals surface area contributed by atoms with Gasteiger partial charge in [0.15, 0.2) is 11.5 Å². The molecule has 1 aliphatic heterocycles. The van der Waals surface area contributed by atoms with Gasteiger partial charge < -0.3 is 14.8 Å². The number of fused-ring (bicyclic) bond motifs is 1. The van der Waals surface area contributed by atoms with E-state index in [1.165, 1.54) is 6.33 Å². The van der Waals surface area contributed by atoms with Gasteiger partial charge in [0.25, 0.3) is 0 Å². The maximum Gasteiger partial charge on any atom is 0.163 e.